The van der Waals surface area contributed by atoms with Crippen LogP contribution in [0.4, 0.5) is 0 Å². The second-order valence-corrected chi connectivity index (χ2v) is 14.4. The first-order chi connectivity index (χ1) is 24.3. The molecule has 0 spiro atoms. The fourth-order valence-corrected chi connectivity index (χ4v) is 9.08. The molecular weight excluding hydrogens is 603 g/mol. The van der Waals surface area contributed by atoms with Crippen molar-refractivity contribution >= 4 is 55.4 Å². The van der Waals surface area contributed by atoms with Gasteiger partial charge in [0.2, 0.25) is 6.71 Å². The summed E-state index contributed by atoms with van der Waals surface area (Å²) in [5.41, 5.74) is 17.0. The van der Waals surface area contributed by atoms with E-state index in [1.807, 2.05) is 6.07 Å². The SMILES string of the molecule is Cc1cc(C)c(B(c2ccc(-c3cc4c5cccc6c5c(cc4c4ccccc34)-c3ccccc3O6)cc2)c2c(C)cc(C)cc2C)c(C)c1. The quantitative estimate of drug-likeness (QED) is 0.137. The van der Waals surface area contributed by atoms with Crippen LogP contribution in [-0.2, 0) is 0 Å². The lowest BCUT2D eigenvalue weighted by molar-refractivity contribution is 0.487. The average Bonchev–Trinajstić information content (AvgIpc) is 3.10. The number of fused-ring (bicyclic) bond motifs is 6. The third-order valence-electron chi connectivity index (χ3n) is 11.0. The van der Waals surface area contributed by atoms with E-state index in [2.05, 4.69) is 163 Å². The van der Waals surface area contributed by atoms with Gasteiger partial charge in [0.25, 0.3) is 0 Å². The number of rotatable bonds is 4. The summed E-state index contributed by atoms with van der Waals surface area (Å²) in [6.07, 6.45) is 0. The van der Waals surface area contributed by atoms with E-state index in [-0.39, 0.29) is 6.71 Å². The normalized spacial score (nSPS) is 12.0. The highest BCUT2D eigenvalue weighted by Crippen LogP contribution is 2.50. The minimum Gasteiger partial charge on any atom is -0.456 e. The number of para-hydroxylation sites is 1. The maximum atomic E-state index is 6.46. The first kappa shape index (κ1) is 30.5. The van der Waals surface area contributed by atoms with Crippen molar-refractivity contribution in [1.82, 2.24) is 0 Å². The molecule has 8 aromatic carbocycles. The Labute approximate surface area is 295 Å². The molecule has 0 fully saturated rings. The van der Waals surface area contributed by atoms with Crippen LogP contribution in [0.5, 0.6) is 11.5 Å². The highest BCUT2D eigenvalue weighted by molar-refractivity contribution is 6.96. The van der Waals surface area contributed by atoms with Gasteiger partial charge in [0, 0.05) is 10.9 Å². The Kier molecular flexibility index (Phi) is 7.00. The number of aryl methyl sites for hydroxylation is 6. The molecule has 0 saturated carbocycles. The number of benzene rings is 8. The molecule has 0 radical (unpaired) electrons. The summed E-state index contributed by atoms with van der Waals surface area (Å²) in [6.45, 7) is 13.7. The molecular formula is C48H39BO. The molecule has 0 atom stereocenters. The van der Waals surface area contributed by atoms with Gasteiger partial charge in [-0.3, -0.25) is 0 Å². The molecule has 9 rings (SSSR count). The Bertz CT molecular complexity index is 2580. The molecule has 0 aromatic heterocycles. The topological polar surface area (TPSA) is 9.23 Å². The van der Waals surface area contributed by atoms with Crippen molar-refractivity contribution < 1.29 is 4.74 Å². The Hall–Kier alpha value is -5.60. The summed E-state index contributed by atoms with van der Waals surface area (Å²) in [5.74, 6) is 1.84. The second-order valence-electron chi connectivity index (χ2n) is 14.4. The van der Waals surface area contributed by atoms with E-state index in [1.165, 1.54) is 98.8 Å². The lowest BCUT2D eigenvalue weighted by atomic mass is 9.34. The standard InChI is InChI=1S/C48H39BO/c1-28-22-30(3)47(31(4)23-28)49(48-32(5)24-29(2)25-33(48)6)35-20-18-34(19-21-35)40-26-42-39-15-11-17-45-46(39)43(38-14-9-10-16-44(38)50-45)27-41(42)37-13-8-7-12-36(37)40/h7-27H,1-6H3. The minimum atomic E-state index is 0.146. The number of hydrogen-bond donors (Lipinski definition) is 0. The van der Waals surface area contributed by atoms with Gasteiger partial charge < -0.3 is 4.74 Å². The van der Waals surface area contributed by atoms with Crippen molar-refractivity contribution in [2.75, 3.05) is 0 Å². The molecule has 0 N–H and O–H groups in total. The van der Waals surface area contributed by atoms with E-state index in [4.69, 9.17) is 4.74 Å². The minimum absolute atomic E-state index is 0.146. The van der Waals surface area contributed by atoms with Crippen molar-refractivity contribution in [2.24, 2.45) is 0 Å². The molecule has 50 heavy (non-hydrogen) atoms. The lowest BCUT2D eigenvalue weighted by Gasteiger charge is -2.25. The Morgan fingerprint density at radius 2 is 0.920 bits per heavy atom. The monoisotopic (exact) mass is 642 g/mol. The molecule has 0 aliphatic carbocycles. The van der Waals surface area contributed by atoms with Crippen LogP contribution in [0.3, 0.4) is 0 Å². The van der Waals surface area contributed by atoms with Gasteiger partial charge >= 0.3 is 0 Å². The van der Waals surface area contributed by atoms with Crippen LogP contribution in [0.1, 0.15) is 33.4 Å². The van der Waals surface area contributed by atoms with Gasteiger partial charge in [-0.15, -0.1) is 0 Å². The molecule has 0 bridgehead atoms. The van der Waals surface area contributed by atoms with Crippen LogP contribution < -0.4 is 21.1 Å². The van der Waals surface area contributed by atoms with Gasteiger partial charge in [-0.05, 0) is 109 Å². The van der Waals surface area contributed by atoms with Gasteiger partial charge in [-0.2, -0.15) is 0 Å². The zero-order valence-electron chi connectivity index (χ0n) is 29.6. The summed E-state index contributed by atoms with van der Waals surface area (Å²) in [6, 6.07) is 47.4. The van der Waals surface area contributed by atoms with Crippen molar-refractivity contribution in [2.45, 2.75) is 41.5 Å². The van der Waals surface area contributed by atoms with E-state index in [9.17, 15) is 0 Å². The summed E-state index contributed by atoms with van der Waals surface area (Å²) in [4.78, 5) is 0. The highest BCUT2D eigenvalue weighted by atomic mass is 16.5. The fraction of sp³-hybridized carbons (Fsp3) is 0.125. The van der Waals surface area contributed by atoms with E-state index < -0.39 is 0 Å². The predicted molar refractivity (Wildman–Crippen MR) is 216 cm³/mol. The Morgan fingerprint density at radius 3 is 1.58 bits per heavy atom. The van der Waals surface area contributed by atoms with Gasteiger partial charge in [0.05, 0.1) is 0 Å². The third-order valence-corrected chi connectivity index (χ3v) is 11.0. The maximum absolute atomic E-state index is 6.46. The smallest absolute Gasteiger partial charge is 0.242 e. The molecule has 1 heterocycles. The van der Waals surface area contributed by atoms with Crippen LogP contribution in [0.2, 0.25) is 0 Å². The summed E-state index contributed by atoms with van der Waals surface area (Å²) in [7, 11) is 0. The van der Waals surface area contributed by atoms with Crippen molar-refractivity contribution in [3.05, 3.63) is 161 Å². The predicted octanol–water partition coefficient (Wildman–Crippen LogP) is 11.0. The van der Waals surface area contributed by atoms with Crippen LogP contribution in [0.15, 0.2) is 127 Å². The molecule has 1 aliphatic rings. The zero-order chi connectivity index (χ0) is 34.3. The molecule has 8 aromatic rings. The Morgan fingerprint density at radius 1 is 0.400 bits per heavy atom. The highest BCUT2D eigenvalue weighted by Gasteiger charge is 2.29. The fourth-order valence-electron chi connectivity index (χ4n) is 9.08. The van der Waals surface area contributed by atoms with Gasteiger partial charge in [-0.25, -0.2) is 0 Å². The summed E-state index contributed by atoms with van der Waals surface area (Å²) >= 11 is 0. The first-order valence-electron chi connectivity index (χ1n) is 17.7. The molecule has 1 aliphatic heterocycles. The maximum Gasteiger partial charge on any atom is 0.242 e. The van der Waals surface area contributed by atoms with Gasteiger partial charge in [-0.1, -0.05) is 153 Å². The molecule has 1 nitrogen and oxygen atoms in total. The average molecular weight is 643 g/mol. The number of hydrogen-bond acceptors (Lipinski definition) is 1. The summed E-state index contributed by atoms with van der Waals surface area (Å²) < 4.78 is 6.46. The largest absolute Gasteiger partial charge is 0.456 e. The van der Waals surface area contributed by atoms with Crippen LogP contribution in [0.25, 0.3) is 54.6 Å². The van der Waals surface area contributed by atoms with Crippen molar-refractivity contribution in [1.29, 1.82) is 0 Å². The van der Waals surface area contributed by atoms with Crippen LogP contribution in [0, 0.1) is 41.5 Å². The Balaban J connectivity index is 1.26. The second kappa shape index (κ2) is 11.5. The molecule has 0 saturated heterocycles. The van der Waals surface area contributed by atoms with Crippen molar-refractivity contribution in [3.63, 3.8) is 0 Å². The van der Waals surface area contributed by atoms with Gasteiger partial charge in [0.1, 0.15) is 11.5 Å². The molecule has 2 heteroatoms. The molecule has 0 amide bonds. The third kappa shape index (κ3) is 4.70. The summed E-state index contributed by atoms with van der Waals surface area (Å²) in [5, 5.41) is 7.47. The van der Waals surface area contributed by atoms with Crippen LogP contribution >= 0.6 is 0 Å². The zero-order valence-corrected chi connectivity index (χ0v) is 29.6. The molecule has 240 valence electrons. The van der Waals surface area contributed by atoms with E-state index >= 15 is 0 Å². The van der Waals surface area contributed by atoms with E-state index in [1.54, 1.807) is 0 Å². The van der Waals surface area contributed by atoms with E-state index in [0.717, 1.165) is 17.1 Å². The first-order valence-corrected chi connectivity index (χ1v) is 17.7. The molecule has 0 unspecified atom stereocenters. The van der Waals surface area contributed by atoms with Crippen molar-refractivity contribution in [3.8, 4) is 33.8 Å². The van der Waals surface area contributed by atoms with Crippen LogP contribution in [-0.4, -0.2) is 6.71 Å². The number of ether oxygens (including phenoxy) is 1. The lowest BCUT2D eigenvalue weighted by Crippen LogP contribution is -2.55. The van der Waals surface area contributed by atoms with E-state index in [0.29, 0.717) is 0 Å². The van der Waals surface area contributed by atoms with Gasteiger partial charge in [0.15, 0.2) is 0 Å².